The number of hydrogen-bond donors (Lipinski definition) is 2. The summed E-state index contributed by atoms with van der Waals surface area (Å²) in [5.74, 6) is -1.71. The van der Waals surface area contributed by atoms with Crippen molar-refractivity contribution in [2.24, 2.45) is 29.6 Å². The van der Waals surface area contributed by atoms with E-state index in [2.05, 4.69) is 13.0 Å². The zero-order valence-corrected chi connectivity index (χ0v) is 27.1. The number of unbranched alkanes of at least 4 members (excludes halogenated alkanes) is 2. The molecule has 0 aromatic heterocycles. The first-order valence-electron chi connectivity index (χ1n) is 17.4. The van der Waals surface area contributed by atoms with Crippen molar-refractivity contribution in [2.75, 3.05) is 6.61 Å². The maximum atomic E-state index is 13.5. The van der Waals surface area contributed by atoms with Crippen LogP contribution in [0.15, 0.2) is 48.5 Å². The molecule has 2 N–H and O–H groups in total. The van der Waals surface area contributed by atoms with Gasteiger partial charge < -0.3 is 24.4 Å². The molecule has 3 aliphatic rings. The number of rotatable bonds is 15. The summed E-state index contributed by atoms with van der Waals surface area (Å²) >= 11 is 0. The summed E-state index contributed by atoms with van der Waals surface area (Å²) in [7, 11) is 0. The molecule has 0 heterocycles. The molecule has 3 aliphatic carbocycles. The number of carboxylic acid groups (broad SMARTS) is 1. The van der Waals surface area contributed by atoms with Crippen molar-refractivity contribution >= 4 is 17.9 Å². The van der Waals surface area contributed by atoms with Crippen LogP contribution in [0.4, 0.5) is 0 Å². The van der Waals surface area contributed by atoms with E-state index in [1.807, 2.05) is 42.5 Å². The third-order valence-corrected chi connectivity index (χ3v) is 10.5. The smallest absolute Gasteiger partial charge is 0.344 e. The van der Waals surface area contributed by atoms with E-state index in [9.17, 15) is 24.6 Å². The summed E-state index contributed by atoms with van der Waals surface area (Å²) in [6.07, 6.45) is 9.69. The fraction of sp³-hybridized carbons (Fsp3) is 0.605. The lowest BCUT2D eigenvalue weighted by molar-refractivity contribution is -0.165. The molecule has 2 aromatic carbocycles. The van der Waals surface area contributed by atoms with E-state index in [0.29, 0.717) is 31.4 Å². The molecule has 8 heteroatoms. The molecule has 0 aliphatic heterocycles. The maximum absolute atomic E-state index is 13.5. The third-order valence-electron chi connectivity index (χ3n) is 10.5. The summed E-state index contributed by atoms with van der Waals surface area (Å²) in [4.78, 5) is 37.9. The van der Waals surface area contributed by atoms with Crippen molar-refractivity contribution in [2.45, 2.75) is 109 Å². The topological polar surface area (TPSA) is 119 Å². The average molecular weight is 635 g/mol. The molecule has 0 bridgehead atoms. The number of carboxylic acids is 1. The van der Waals surface area contributed by atoms with E-state index in [1.165, 1.54) is 5.56 Å². The van der Waals surface area contributed by atoms with Crippen LogP contribution in [-0.2, 0) is 43.3 Å². The van der Waals surface area contributed by atoms with E-state index in [1.54, 1.807) is 0 Å². The van der Waals surface area contributed by atoms with Crippen LogP contribution in [0.25, 0.3) is 0 Å². The van der Waals surface area contributed by atoms with Gasteiger partial charge in [-0.3, -0.25) is 9.59 Å². The molecule has 2 aromatic rings. The summed E-state index contributed by atoms with van der Waals surface area (Å²) in [6.45, 7) is 2.17. The highest BCUT2D eigenvalue weighted by Crippen LogP contribution is 2.50. The second-order valence-corrected chi connectivity index (χ2v) is 13.6. The molecule has 7 atom stereocenters. The first-order chi connectivity index (χ1) is 22.3. The van der Waals surface area contributed by atoms with Gasteiger partial charge in [0.1, 0.15) is 18.5 Å². The number of aliphatic hydroxyl groups is 1. The summed E-state index contributed by atoms with van der Waals surface area (Å²) in [5, 5.41) is 20.6. The van der Waals surface area contributed by atoms with Crippen LogP contribution < -0.4 is 4.74 Å². The lowest BCUT2D eigenvalue weighted by Crippen LogP contribution is -2.37. The summed E-state index contributed by atoms with van der Waals surface area (Å²) < 4.78 is 17.7. The van der Waals surface area contributed by atoms with Gasteiger partial charge in [0.2, 0.25) is 0 Å². The minimum absolute atomic E-state index is 0.0901. The molecule has 5 rings (SSSR count). The quantitative estimate of drug-likeness (QED) is 0.164. The zero-order chi connectivity index (χ0) is 32.5. The molecular formula is C38H50O8. The van der Waals surface area contributed by atoms with Gasteiger partial charge in [-0.1, -0.05) is 81.5 Å². The number of ether oxygens (including phenoxy) is 3. The van der Waals surface area contributed by atoms with Gasteiger partial charge in [-0.2, -0.15) is 0 Å². The second kappa shape index (κ2) is 16.4. The van der Waals surface area contributed by atoms with Gasteiger partial charge in [-0.05, 0) is 91.9 Å². The Kier molecular flexibility index (Phi) is 12.1. The van der Waals surface area contributed by atoms with Crippen molar-refractivity contribution in [1.29, 1.82) is 0 Å². The molecular weight excluding hydrogens is 584 g/mol. The first-order valence-corrected chi connectivity index (χ1v) is 17.4. The number of carbonyl (C=O) groups is 3. The van der Waals surface area contributed by atoms with Gasteiger partial charge in [-0.25, -0.2) is 4.79 Å². The van der Waals surface area contributed by atoms with E-state index in [0.717, 1.165) is 68.9 Å². The second-order valence-electron chi connectivity index (χ2n) is 13.6. The van der Waals surface area contributed by atoms with Crippen molar-refractivity contribution < 1.29 is 38.8 Å². The Morgan fingerprint density at radius 1 is 0.935 bits per heavy atom. The van der Waals surface area contributed by atoms with Crippen LogP contribution in [-0.4, -0.2) is 46.9 Å². The lowest BCUT2D eigenvalue weighted by Gasteiger charge is -2.33. The Labute approximate surface area is 272 Å². The van der Waals surface area contributed by atoms with Gasteiger partial charge in [0.05, 0.1) is 17.9 Å². The summed E-state index contributed by atoms with van der Waals surface area (Å²) in [6, 6.07) is 15.5. The molecule has 0 spiro atoms. The predicted molar refractivity (Wildman–Crippen MR) is 173 cm³/mol. The Balaban J connectivity index is 1.26. The minimum Gasteiger partial charge on any atom is -0.482 e. The van der Waals surface area contributed by atoms with Crippen LogP contribution in [0.5, 0.6) is 5.75 Å². The molecule has 46 heavy (non-hydrogen) atoms. The normalized spacial score (nSPS) is 26.0. The highest BCUT2D eigenvalue weighted by Gasteiger charge is 2.48. The van der Waals surface area contributed by atoms with E-state index < -0.39 is 23.8 Å². The van der Waals surface area contributed by atoms with Gasteiger partial charge >= 0.3 is 17.9 Å². The Bertz CT molecular complexity index is 1310. The highest BCUT2D eigenvalue weighted by atomic mass is 16.6. The number of aliphatic carboxylic acids is 1. The van der Waals surface area contributed by atoms with Gasteiger partial charge in [0, 0.05) is 0 Å². The van der Waals surface area contributed by atoms with Crippen LogP contribution in [0.3, 0.4) is 0 Å². The zero-order valence-electron chi connectivity index (χ0n) is 27.1. The molecule has 0 saturated heterocycles. The molecule has 0 radical (unpaired) electrons. The molecule has 8 nitrogen and oxygen atoms in total. The molecule has 0 amide bonds. The third kappa shape index (κ3) is 8.69. The van der Waals surface area contributed by atoms with E-state index in [4.69, 9.17) is 14.2 Å². The first kappa shape index (κ1) is 34.0. The number of esters is 2. The largest absolute Gasteiger partial charge is 0.482 e. The predicted octanol–water partition coefficient (Wildman–Crippen LogP) is 6.68. The minimum atomic E-state index is -0.916. The van der Waals surface area contributed by atoms with Gasteiger partial charge in [0.15, 0.2) is 6.61 Å². The fourth-order valence-electron chi connectivity index (χ4n) is 8.07. The van der Waals surface area contributed by atoms with Crippen molar-refractivity contribution in [3.05, 3.63) is 65.2 Å². The van der Waals surface area contributed by atoms with Gasteiger partial charge in [0.25, 0.3) is 0 Å². The number of carbonyl (C=O) groups excluding carboxylic acids is 2. The molecule has 2 unspecified atom stereocenters. The monoisotopic (exact) mass is 634 g/mol. The van der Waals surface area contributed by atoms with Gasteiger partial charge in [-0.15, -0.1) is 0 Å². The van der Waals surface area contributed by atoms with Crippen LogP contribution in [0.1, 0.15) is 94.2 Å². The van der Waals surface area contributed by atoms with Crippen LogP contribution in [0.2, 0.25) is 0 Å². The summed E-state index contributed by atoms with van der Waals surface area (Å²) in [5.41, 5.74) is 3.18. The maximum Gasteiger partial charge on any atom is 0.344 e. The van der Waals surface area contributed by atoms with Crippen LogP contribution >= 0.6 is 0 Å². The lowest BCUT2D eigenvalue weighted by atomic mass is 9.73. The Morgan fingerprint density at radius 2 is 1.72 bits per heavy atom. The number of hydrogen-bond acceptors (Lipinski definition) is 7. The Hall–Kier alpha value is -3.39. The average Bonchev–Trinajstić information content (AvgIpc) is 3.40. The van der Waals surface area contributed by atoms with Crippen molar-refractivity contribution in [1.82, 2.24) is 0 Å². The highest BCUT2D eigenvalue weighted by molar-refractivity contribution is 5.81. The number of fused-ring (bicyclic) bond motifs is 2. The molecule has 250 valence electrons. The number of benzene rings is 2. The standard InChI is InChI=1S/C38H50O8/c1-2-3-5-14-28(39)18-19-29-32-20-26-13-10-17-34(44-24-36(40)45-23-25-11-6-4-7-12-25)33(26)21-27(32)22-35(29)46-38(43)31-16-9-8-15-30(31)37(41)42/h4,6-7,10-13,17,27-32,35,39H,2-3,5,8-9,14-16,18-24H2,1H3,(H,41,42)/t27?,28-,29+,30-,31+,32?,35+/m0/s1. The van der Waals surface area contributed by atoms with Crippen LogP contribution in [0, 0.1) is 29.6 Å². The van der Waals surface area contributed by atoms with Crippen molar-refractivity contribution in [3.63, 3.8) is 0 Å². The van der Waals surface area contributed by atoms with E-state index in [-0.39, 0.29) is 49.1 Å². The van der Waals surface area contributed by atoms with E-state index >= 15 is 0 Å². The fourth-order valence-corrected chi connectivity index (χ4v) is 8.07. The van der Waals surface area contributed by atoms with Crippen molar-refractivity contribution in [3.8, 4) is 5.75 Å². The SMILES string of the molecule is CCCCC[C@H](O)CC[C@@H]1C2Cc3cccc(OCC(=O)OCc4ccccc4)c3CC2C[C@H]1OC(=O)[C@@H]1CCCC[C@@H]1C(=O)O. The molecule has 2 fully saturated rings. The molecule has 2 saturated carbocycles. The Morgan fingerprint density at radius 3 is 2.48 bits per heavy atom. The number of aliphatic hydroxyl groups excluding tert-OH is 1.